The van der Waals surface area contributed by atoms with Gasteiger partial charge in [-0.1, -0.05) is 25.4 Å². The Hall–Kier alpha value is -0.580. The van der Waals surface area contributed by atoms with Crippen LogP contribution in [0.4, 0.5) is 0 Å². The van der Waals surface area contributed by atoms with Gasteiger partial charge in [0.1, 0.15) is 5.15 Å². The molecule has 1 atom stereocenters. The summed E-state index contributed by atoms with van der Waals surface area (Å²) >= 11 is 6.42. The lowest BCUT2D eigenvalue weighted by atomic mass is 10.2. The van der Waals surface area contributed by atoms with Crippen LogP contribution in [-0.4, -0.2) is 29.0 Å². The second-order valence-electron chi connectivity index (χ2n) is 6.03. The summed E-state index contributed by atoms with van der Waals surface area (Å²) in [5, 5.41) is 8.76. The Balaban J connectivity index is 1.81. The molecule has 4 nitrogen and oxygen atoms in total. The second-order valence-corrected chi connectivity index (χ2v) is 6.39. The Kier molecular flexibility index (Phi) is 5.87. The fourth-order valence-electron chi connectivity index (χ4n) is 2.61. The van der Waals surface area contributed by atoms with Crippen molar-refractivity contribution in [2.24, 2.45) is 5.92 Å². The molecule has 1 aliphatic heterocycles. The summed E-state index contributed by atoms with van der Waals surface area (Å²) < 4.78 is 7.53. The zero-order valence-corrected chi connectivity index (χ0v) is 13.5. The van der Waals surface area contributed by atoms with E-state index >= 15 is 0 Å². The third-order valence-electron chi connectivity index (χ3n) is 3.69. The van der Waals surface area contributed by atoms with Gasteiger partial charge in [0.25, 0.3) is 0 Å². The minimum atomic E-state index is 0.447. The Bertz CT molecular complexity index is 425. The van der Waals surface area contributed by atoms with Gasteiger partial charge in [-0.25, -0.2) is 0 Å². The lowest BCUT2D eigenvalue weighted by molar-refractivity contribution is 0.104. The van der Waals surface area contributed by atoms with E-state index in [0.29, 0.717) is 12.0 Å². The molecule has 1 aromatic heterocycles. The molecule has 5 heteroatoms. The standard InChI is InChI=1S/C15H26ClN3O/c1-11(2)10-19-15(16)14(12(3)18-19)9-17-7-6-13-5-4-8-20-13/h11,13,17H,4-10H2,1-3H3/t13-/m0/s1. The average Bonchev–Trinajstić information content (AvgIpc) is 2.97. The van der Waals surface area contributed by atoms with E-state index < -0.39 is 0 Å². The molecule has 0 spiro atoms. The van der Waals surface area contributed by atoms with Crippen LogP contribution in [-0.2, 0) is 17.8 Å². The highest BCUT2D eigenvalue weighted by Crippen LogP contribution is 2.21. The fraction of sp³-hybridized carbons (Fsp3) is 0.800. The molecular weight excluding hydrogens is 274 g/mol. The van der Waals surface area contributed by atoms with Gasteiger partial charge in [0, 0.05) is 25.3 Å². The molecular formula is C15H26ClN3O. The minimum absolute atomic E-state index is 0.447. The van der Waals surface area contributed by atoms with Crippen molar-refractivity contribution in [1.29, 1.82) is 0 Å². The van der Waals surface area contributed by atoms with Crippen molar-refractivity contribution in [3.63, 3.8) is 0 Å². The quantitative estimate of drug-likeness (QED) is 0.786. The summed E-state index contributed by atoms with van der Waals surface area (Å²) in [5.41, 5.74) is 2.15. The average molecular weight is 300 g/mol. The molecule has 1 saturated heterocycles. The van der Waals surface area contributed by atoms with Crippen LogP contribution >= 0.6 is 11.6 Å². The molecule has 1 aliphatic rings. The number of halogens is 1. The Morgan fingerprint density at radius 2 is 2.30 bits per heavy atom. The lowest BCUT2D eigenvalue weighted by Crippen LogP contribution is -2.20. The van der Waals surface area contributed by atoms with E-state index in [1.54, 1.807) is 0 Å². The van der Waals surface area contributed by atoms with Crippen LogP contribution < -0.4 is 5.32 Å². The number of aryl methyl sites for hydroxylation is 1. The highest BCUT2D eigenvalue weighted by atomic mass is 35.5. The molecule has 1 aromatic rings. The summed E-state index contributed by atoms with van der Waals surface area (Å²) in [6.45, 7) is 9.93. The van der Waals surface area contributed by atoms with Crippen LogP contribution in [0.1, 0.15) is 44.4 Å². The van der Waals surface area contributed by atoms with E-state index in [2.05, 4.69) is 24.3 Å². The van der Waals surface area contributed by atoms with Gasteiger partial charge in [0.05, 0.1) is 11.8 Å². The van der Waals surface area contributed by atoms with E-state index in [1.165, 1.54) is 12.8 Å². The van der Waals surface area contributed by atoms with Crippen molar-refractivity contribution in [3.05, 3.63) is 16.4 Å². The van der Waals surface area contributed by atoms with Gasteiger partial charge in [-0.2, -0.15) is 5.10 Å². The summed E-state index contributed by atoms with van der Waals surface area (Å²) in [7, 11) is 0. The Morgan fingerprint density at radius 1 is 1.50 bits per heavy atom. The number of hydrogen-bond donors (Lipinski definition) is 1. The van der Waals surface area contributed by atoms with Crippen molar-refractivity contribution in [1.82, 2.24) is 15.1 Å². The first-order chi connectivity index (χ1) is 9.58. The molecule has 20 heavy (non-hydrogen) atoms. The molecule has 2 heterocycles. The zero-order chi connectivity index (χ0) is 14.5. The van der Waals surface area contributed by atoms with Crippen LogP contribution in [0.2, 0.25) is 5.15 Å². The number of hydrogen-bond acceptors (Lipinski definition) is 3. The molecule has 0 radical (unpaired) electrons. The van der Waals surface area contributed by atoms with Gasteiger partial charge in [0.15, 0.2) is 0 Å². The van der Waals surface area contributed by atoms with Crippen molar-refractivity contribution in [2.45, 2.75) is 59.2 Å². The summed E-state index contributed by atoms with van der Waals surface area (Å²) in [6.07, 6.45) is 3.94. The van der Waals surface area contributed by atoms with Crippen LogP contribution in [0.5, 0.6) is 0 Å². The van der Waals surface area contributed by atoms with Crippen LogP contribution in [0.3, 0.4) is 0 Å². The van der Waals surface area contributed by atoms with E-state index in [0.717, 1.165) is 49.1 Å². The molecule has 1 fully saturated rings. The fourth-order valence-corrected chi connectivity index (χ4v) is 2.92. The number of aromatic nitrogens is 2. The van der Waals surface area contributed by atoms with Crippen molar-refractivity contribution < 1.29 is 4.74 Å². The largest absolute Gasteiger partial charge is 0.378 e. The lowest BCUT2D eigenvalue weighted by Gasteiger charge is -2.10. The first-order valence-corrected chi connectivity index (χ1v) is 7.99. The third-order valence-corrected chi connectivity index (χ3v) is 4.11. The van der Waals surface area contributed by atoms with Crippen molar-refractivity contribution >= 4 is 11.6 Å². The number of nitrogens with one attached hydrogen (secondary N) is 1. The maximum Gasteiger partial charge on any atom is 0.131 e. The van der Waals surface area contributed by atoms with Gasteiger partial charge in [-0.05, 0) is 38.6 Å². The Labute approximate surface area is 126 Å². The van der Waals surface area contributed by atoms with E-state index in [9.17, 15) is 0 Å². The number of ether oxygens (including phenoxy) is 1. The first kappa shape index (κ1) is 15.8. The van der Waals surface area contributed by atoms with Gasteiger partial charge >= 0.3 is 0 Å². The zero-order valence-electron chi connectivity index (χ0n) is 12.8. The molecule has 0 unspecified atom stereocenters. The monoisotopic (exact) mass is 299 g/mol. The topological polar surface area (TPSA) is 39.1 Å². The van der Waals surface area contributed by atoms with Crippen LogP contribution in [0, 0.1) is 12.8 Å². The molecule has 2 rings (SSSR count). The van der Waals surface area contributed by atoms with Gasteiger partial charge in [-0.3, -0.25) is 4.68 Å². The van der Waals surface area contributed by atoms with E-state index in [4.69, 9.17) is 16.3 Å². The Morgan fingerprint density at radius 3 is 2.95 bits per heavy atom. The maximum atomic E-state index is 6.42. The predicted octanol–water partition coefficient (Wildman–Crippen LogP) is 3.16. The number of nitrogens with zero attached hydrogens (tertiary/aromatic N) is 2. The van der Waals surface area contributed by atoms with E-state index in [1.807, 2.05) is 11.6 Å². The summed E-state index contributed by atoms with van der Waals surface area (Å²) in [4.78, 5) is 0. The smallest absolute Gasteiger partial charge is 0.131 e. The van der Waals surface area contributed by atoms with Crippen LogP contribution in [0.25, 0.3) is 0 Å². The van der Waals surface area contributed by atoms with Gasteiger partial charge < -0.3 is 10.1 Å². The van der Waals surface area contributed by atoms with Gasteiger partial charge in [-0.15, -0.1) is 0 Å². The second kappa shape index (κ2) is 7.43. The SMILES string of the molecule is Cc1nn(CC(C)C)c(Cl)c1CNCC[C@@H]1CCCO1. The highest BCUT2D eigenvalue weighted by molar-refractivity contribution is 6.30. The molecule has 1 N–H and O–H groups in total. The highest BCUT2D eigenvalue weighted by Gasteiger charge is 2.16. The molecule has 0 amide bonds. The predicted molar refractivity (Wildman–Crippen MR) is 82.1 cm³/mol. The number of rotatable bonds is 7. The summed E-state index contributed by atoms with van der Waals surface area (Å²) in [6, 6.07) is 0. The summed E-state index contributed by atoms with van der Waals surface area (Å²) in [5.74, 6) is 0.548. The molecule has 0 aliphatic carbocycles. The third kappa shape index (κ3) is 4.21. The molecule has 0 saturated carbocycles. The normalized spacial score (nSPS) is 19.1. The molecule has 114 valence electrons. The molecule has 0 bridgehead atoms. The van der Waals surface area contributed by atoms with Crippen molar-refractivity contribution in [3.8, 4) is 0 Å². The first-order valence-electron chi connectivity index (χ1n) is 7.62. The van der Waals surface area contributed by atoms with Crippen LogP contribution in [0.15, 0.2) is 0 Å². The maximum absolute atomic E-state index is 6.42. The minimum Gasteiger partial charge on any atom is -0.378 e. The van der Waals surface area contributed by atoms with Crippen molar-refractivity contribution in [2.75, 3.05) is 13.2 Å². The molecule has 0 aromatic carbocycles. The van der Waals surface area contributed by atoms with E-state index in [-0.39, 0.29) is 0 Å². The van der Waals surface area contributed by atoms with Gasteiger partial charge in [0.2, 0.25) is 0 Å².